The second-order valence-corrected chi connectivity index (χ2v) is 7.28. The van der Waals surface area contributed by atoms with E-state index in [9.17, 15) is 18.0 Å². The van der Waals surface area contributed by atoms with Gasteiger partial charge in [-0.15, -0.1) is 0 Å². The number of rotatable bonds is 4. The van der Waals surface area contributed by atoms with Gasteiger partial charge in [0.1, 0.15) is 29.6 Å². The molecule has 0 bridgehead atoms. The SMILES string of the molecule is N#Cc1ccc2ncc(-c3nccc(N[C@@H]4CCCN(C(=O)CC(F)(F)F)C4)n3)n2c1. The molecule has 8 nitrogen and oxygen atoms in total. The van der Waals surface area contributed by atoms with Crippen molar-refractivity contribution in [1.82, 2.24) is 24.3 Å². The Morgan fingerprint density at radius 1 is 1.29 bits per heavy atom. The second-order valence-electron chi connectivity index (χ2n) is 7.28. The number of carbonyl (C=O) groups is 1. The predicted octanol–water partition coefficient (Wildman–Crippen LogP) is 3.02. The first-order valence-electron chi connectivity index (χ1n) is 9.64. The number of piperidine rings is 1. The van der Waals surface area contributed by atoms with Gasteiger partial charge in [0.15, 0.2) is 5.82 Å². The summed E-state index contributed by atoms with van der Waals surface area (Å²) in [6, 6.07) is 6.90. The molecule has 3 aromatic rings. The van der Waals surface area contributed by atoms with Crippen LogP contribution in [-0.2, 0) is 4.79 Å². The van der Waals surface area contributed by atoms with Crippen LogP contribution in [0.2, 0.25) is 0 Å². The van der Waals surface area contributed by atoms with Gasteiger partial charge in [-0.3, -0.25) is 9.20 Å². The van der Waals surface area contributed by atoms with Gasteiger partial charge in [-0.05, 0) is 31.0 Å². The Morgan fingerprint density at radius 3 is 2.90 bits per heavy atom. The standard InChI is InChI=1S/C20H18F3N7O/c21-20(22,23)8-18(31)29-7-1-2-14(12-29)27-16-5-6-25-19(28-16)15-10-26-17-4-3-13(9-24)11-30(15)17/h3-6,10-11,14H,1-2,7-8,12H2,(H,25,27,28)/t14-/m1/s1. The molecule has 0 unspecified atom stereocenters. The van der Waals surface area contributed by atoms with E-state index < -0.39 is 18.5 Å². The van der Waals surface area contributed by atoms with Crippen molar-refractivity contribution in [2.75, 3.05) is 18.4 Å². The van der Waals surface area contributed by atoms with E-state index in [1.807, 2.05) is 0 Å². The molecule has 1 aliphatic rings. The van der Waals surface area contributed by atoms with Crippen LogP contribution >= 0.6 is 0 Å². The van der Waals surface area contributed by atoms with Gasteiger partial charge < -0.3 is 10.2 Å². The summed E-state index contributed by atoms with van der Waals surface area (Å²) in [5.41, 5.74) is 1.70. The van der Waals surface area contributed by atoms with Crippen LogP contribution in [0.5, 0.6) is 0 Å². The van der Waals surface area contributed by atoms with Gasteiger partial charge in [0.2, 0.25) is 5.91 Å². The number of pyridine rings is 1. The monoisotopic (exact) mass is 429 g/mol. The highest BCUT2D eigenvalue weighted by molar-refractivity contribution is 5.77. The minimum absolute atomic E-state index is 0.176. The number of nitrogens with zero attached hydrogens (tertiary/aromatic N) is 6. The maximum Gasteiger partial charge on any atom is 0.397 e. The van der Waals surface area contributed by atoms with Crippen molar-refractivity contribution in [3.8, 4) is 17.6 Å². The molecule has 160 valence electrons. The predicted molar refractivity (Wildman–Crippen MR) is 105 cm³/mol. The summed E-state index contributed by atoms with van der Waals surface area (Å²) in [6.07, 6.45) is 0.155. The molecule has 0 aliphatic carbocycles. The highest BCUT2D eigenvalue weighted by Crippen LogP contribution is 2.24. The van der Waals surface area contributed by atoms with E-state index in [1.165, 1.54) is 4.90 Å². The van der Waals surface area contributed by atoms with Crippen LogP contribution in [0.15, 0.2) is 36.8 Å². The van der Waals surface area contributed by atoms with Gasteiger partial charge in [-0.25, -0.2) is 15.0 Å². The summed E-state index contributed by atoms with van der Waals surface area (Å²) in [5.74, 6) is -0.0404. The van der Waals surface area contributed by atoms with Crippen molar-refractivity contribution < 1.29 is 18.0 Å². The molecule has 0 radical (unpaired) electrons. The van der Waals surface area contributed by atoms with Crippen molar-refractivity contribution in [1.29, 1.82) is 5.26 Å². The zero-order valence-corrected chi connectivity index (χ0v) is 16.3. The van der Waals surface area contributed by atoms with Gasteiger partial charge >= 0.3 is 6.18 Å². The normalized spacial score (nSPS) is 16.8. The Kier molecular flexibility index (Phi) is 5.46. The van der Waals surface area contributed by atoms with Gasteiger partial charge in [-0.2, -0.15) is 18.4 Å². The van der Waals surface area contributed by atoms with Crippen LogP contribution in [0.4, 0.5) is 19.0 Å². The van der Waals surface area contributed by atoms with Gasteiger partial charge in [-0.1, -0.05) is 0 Å². The number of halogens is 3. The minimum Gasteiger partial charge on any atom is -0.365 e. The first-order valence-corrected chi connectivity index (χ1v) is 9.64. The second kappa shape index (κ2) is 8.22. The Hall–Kier alpha value is -3.68. The molecule has 1 saturated heterocycles. The van der Waals surface area contributed by atoms with Crippen LogP contribution in [0.1, 0.15) is 24.8 Å². The molecule has 0 aromatic carbocycles. The third-order valence-corrected chi connectivity index (χ3v) is 5.00. The van der Waals surface area contributed by atoms with Crippen LogP contribution in [-0.4, -0.2) is 55.5 Å². The van der Waals surface area contributed by atoms with Crippen molar-refractivity contribution in [3.05, 3.63) is 42.4 Å². The van der Waals surface area contributed by atoms with Gasteiger partial charge in [0, 0.05) is 31.5 Å². The maximum absolute atomic E-state index is 12.5. The summed E-state index contributed by atoms with van der Waals surface area (Å²) in [6.45, 7) is 0.487. The summed E-state index contributed by atoms with van der Waals surface area (Å²) < 4.78 is 39.3. The fourth-order valence-corrected chi connectivity index (χ4v) is 3.59. The number of anilines is 1. The van der Waals surface area contributed by atoms with E-state index in [1.54, 1.807) is 41.2 Å². The minimum atomic E-state index is -4.52. The number of hydrogen-bond donors (Lipinski definition) is 1. The lowest BCUT2D eigenvalue weighted by Crippen LogP contribution is -2.46. The molecular weight excluding hydrogens is 411 g/mol. The molecule has 3 aromatic heterocycles. The molecule has 4 rings (SSSR count). The van der Waals surface area contributed by atoms with E-state index in [0.29, 0.717) is 47.9 Å². The van der Waals surface area contributed by atoms with Crippen molar-refractivity contribution >= 4 is 17.4 Å². The molecule has 1 fully saturated rings. The van der Waals surface area contributed by atoms with Crippen LogP contribution in [0.3, 0.4) is 0 Å². The number of hydrogen-bond acceptors (Lipinski definition) is 6. The summed E-state index contributed by atoms with van der Waals surface area (Å²) in [7, 11) is 0. The van der Waals surface area contributed by atoms with E-state index in [0.717, 1.165) is 0 Å². The van der Waals surface area contributed by atoms with Crippen LogP contribution in [0.25, 0.3) is 17.2 Å². The quantitative estimate of drug-likeness (QED) is 0.685. The van der Waals surface area contributed by atoms with Crippen LogP contribution in [0, 0.1) is 11.3 Å². The third kappa shape index (κ3) is 4.74. The fourth-order valence-electron chi connectivity index (χ4n) is 3.59. The Bertz CT molecular complexity index is 1150. The number of aromatic nitrogens is 4. The first kappa shape index (κ1) is 20.6. The maximum atomic E-state index is 12.5. The van der Waals surface area contributed by atoms with E-state index in [-0.39, 0.29) is 12.6 Å². The van der Waals surface area contributed by atoms with E-state index in [2.05, 4.69) is 26.3 Å². The molecule has 11 heteroatoms. The molecule has 31 heavy (non-hydrogen) atoms. The number of carbonyl (C=O) groups excluding carboxylic acids is 1. The largest absolute Gasteiger partial charge is 0.397 e. The summed E-state index contributed by atoms with van der Waals surface area (Å²) in [5, 5.41) is 12.3. The highest BCUT2D eigenvalue weighted by atomic mass is 19.4. The van der Waals surface area contributed by atoms with Crippen molar-refractivity contribution in [2.45, 2.75) is 31.5 Å². The first-order chi connectivity index (χ1) is 14.8. The zero-order valence-electron chi connectivity index (χ0n) is 16.3. The summed E-state index contributed by atoms with van der Waals surface area (Å²) >= 11 is 0. The third-order valence-electron chi connectivity index (χ3n) is 5.00. The molecule has 1 aliphatic heterocycles. The topological polar surface area (TPSA) is 99.2 Å². The Morgan fingerprint density at radius 2 is 2.13 bits per heavy atom. The molecule has 0 spiro atoms. The van der Waals surface area contributed by atoms with E-state index >= 15 is 0 Å². The summed E-state index contributed by atoms with van der Waals surface area (Å²) in [4.78, 5) is 26.2. The molecule has 4 heterocycles. The number of nitrogens with one attached hydrogen (secondary N) is 1. The van der Waals surface area contributed by atoms with Crippen molar-refractivity contribution in [3.63, 3.8) is 0 Å². The average Bonchev–Trinajstić information content (AvgIpc) is 3.16. The zero-order chi connectivity index (χ0) is 22.0. The van der Waals surface area contributed by atoms with Gasteiger partial charge in [0.05, 0.1) is 11.8 Å². The molecule has 1 N–H and O–H groups in total. The van der Waals surface area contributed by atoms with E-state index in [4.69, 9.17) is 5.26 Å². The number of likely N-dealkylation sites (tertiary alicyclic amines) is 1. The van der Waals surface area contributed by atoms with Gasteiger partial charge in [0.25, 0.3) is 0 Å². The average molecular weight is 429 g/mol. The number of amides is 1. The Balaban J connectivity index is 1.51. The molecular formula is C20H18F3N7O. The lowest BCUT2D eigenvalue weighted by molar-refractivity contribution is -0.162. The Labute approximate surface area is 175 Å². The number of fused-ring (bicyclic) bond motifs is 1. The highest BCUT2D eigenvalue weighted by Gasteiger charge is 2.35. The lowest BCUT2D eigenvalue weighted by atomic mass is 10.1. The fraction of sp³-hybridized carbons (Fsp3) is 0.350. The number of alkyl halides is 3. The lowest BCUT2D eigenvalue weighted by Gasteiger charge is -2.33. The van der Waals surface area contributed by atoms with Crippen LogP contribution < -0.4 is 5.32 Å². The number of nitriles is 1. The van der Waals surface area contributed by atoms with Crippen molar-refractivity contribution in [2.24, 2.45) is 0 Å². The number of imidazole rings is 1. The molecule has 1 atom stereocenters. The molecule has 1 amide bonds. The smallest absolute Gasteiger partial charge is 0.365 e. The molecule has 0 saturated carbocycles.